The van der Waals surface area contributed by atoms with Crippen LogP contribution in [0.15, 0.2) is 58.5 Å². The third kappa shape index (κ3) is 9.05. The molecular weight excluding hydrogens is 593 g/mol. The molecule has 0 amide bonds. The second-order valence-corrected chi connectivity index (χ2v) is 26.2. The van der Waals surface area contributed by atoms with E-state index in [-0.39, 0.29) is 0 Å². The molecule has 2 rings (SSSR count). The SMILES string of the molecule is CC(C)[Si](C#CC(=Nc1ccc(N(C)C)cc1)C(C#C[Si](C(C)C)(C(C)C)C(C)C)=Nc1ccc(N(C)C)cc1)(C(C)C)C(C)C. The van der Waals surface area contributed by atoms with E-state index < -0.39 is 16.1 Å². The average Bonchev–Trinajstić information content (AvgIpc) is 2.96. The number of rotatable bonds is 11. The molecule has 0 bridgehead atoms. The number of aliphatic imine (C=N–C) groups is 2. The summed E-state index contributed by atoms with van der Waals surface area (Å²) in [6.07, 6.45) is 0. The summed E-state index contributed by atoms with van der Waals surface area (Å²) in [5, 5.41) is 0. The molecule has 0 atom stereocenters. The smallest absolute Gasteiger partial charge is 0.147 e. The fraction of sp³-hybridized carbons (Fsp3) is 0.550. The maximum atomic E-state index is 5.24. The molecule has 0 saturated carbocycles. The van der Waals surface area contributed by atoms with Gasteiger partial charge in [0.05, 0.1) is 11.4 Å². The topological polar surface area (TPSA) is 31.2 Å². The molecule has 2 aromatic rings. The molecular formula is C40H62N4Si2. The first-order chi connectivity index (χ1) is 21.4. The average molecular weight is 655 g/mol. The molecule has 46 heavy (non-hydrogen) atoms. The van der Waals surface area contributed by atoms with Gasteiger partial charge in [0.25, 0.3) is 0 Å². The van der Waals surface area contributed by atoms with Crippen LogP contribution in [0.25, 0.3) is 0 Å². The van der Waals surface area contributed by atoms with Gasteiger partial charge in [-0.25, -0.2) is 9.98 Å². The van der Waals surface area contributed by atoms with Gasteiger partial charge in [0, 0.05) is 39.6 Å². The molecule has 2 aromatic carbocycles. The molecule has 0 radical (unpaired) electrons. The predicted octanol–water partition coefficient (Wildman–Crippen LogP) is 11.1. The minimum atomic E-state index is -2.05. The van der Waals surface area contributed by atoms with Gasteiger partial charge in [-0.15, -0.1) is 11.1 Å². The second kappa shape index (κ2) is 16.7. The predicted molar refractivity (Wildman–Crippen MR) is 213 cm³/mol. The molecule has 0 aromatic heterocycles. The first-order valence-corrected chi connectivity index (χ1v) is 21.6. The lowest BCUT2D eigenvalue weighted by atomic mass is 10.2. The number of anilines is 2. The second-order valence-electron chi connectivity index (χ2n) is 15.0. The maximum Gasteiger partial charge on any atom is 0.147 e. The van der Waals surface area contributed by atoms with Crippen LogP contribution in [-0.4, -0.2) is 55.8 Å². The molecule has 0 aliphatic rings. The quantitative estimate of drug-likeness (QED) is 0.137. The molecule has 0 aliphatic heterocycles. The highest BCUT2D eigenvalue weighted by Gasteiger charge is 2.43. The summed E-state index contributed by atoms with van der Waals surface area (Å²) in [5.41, 5.74) is 16.3. The Labute approximate surface area is 285 Å². The molecule has 4 nitrogen and oxygen atoms in total. The molecule has 250 valence electrons. The number of benzene rings is 2. The summed E-state index contributed by atoms with van der Waals surface area (Å²) >= 11 is 0. The maximum absolute atomic E-state index is 5.24. The van der Waals surface area contributed by atoms with Crippen molar-refractivity contribution < 1.29 is 0 Å². The molecule has 0 unspecified atom stereocenters. The van der Waals surface area contributed by atoms with Gasteiger partial charge in [-0.3, -0.25) is 0 Å². The normalized spacial score (nSPS) is 13.0. The minimum absolute atomic E-state index is 0.508. The highest BCUT2D eigenvalue weighted by Crippen LogP contribution is 2.42. The highest BCUT2D eigenvalue weighted by molar-refractivity contribution is 6.91. The molecule has 0 spiro atoms. The first kappa shape index (κ1) is 39.1. The van der Waals surface area contributed by atoms with E-state index in [1.807, 2.05) is 0 Å². The Hall–Kier alpha value is -3.07. The van der Waals surface area contributed by atoms with Gasteiger partial charge in [-0.2, -0.15) is 0 Å². The van der Waals surface area contributed by atoms with Gasteiger partial charge in [0.15, 0.2) is 0 Å². The summed E-state index contributed by atoms with van der Waals surface area (Å²) in [6, 6.07) is 16.7. The third-order valence-electron chi connectivity index (χ3n) is 9.97. The van der Waals surface area contributed by atoms with E-state index in [4.69, 9.17) is 9.98 Å². The summed E-state index contributed by atoms with van der Waals surface area (Å²) in [4.78, 5) is 14.7. The van der Waals surface area contributed by atoms with Gasteiger partial charge < -0.3 is 9.80 Å². The van der Waals surface area contributed by atoms with Crippen LogP contribution in [-0.2, 0) is 0 Å². The fourth-order valence-corrected chi connectivity index (χ4v) is 17.8. The molecule has 0 aliphatic carbocycles. The number of hydrogen-bond acceptors (Lipinski definition) is 4. The van der Waals surface area contributed by atoms with Crippen LogP contribution < -0.4 is 9.80 Å². The number of hydrogen-bond donors (Lipinski definition) is 0. The van der Waals surface area contributed by atoms with Crippen LogP contribution in [0.3, 0.4) is 0 Å². The van der Waals surface area contributed by atoms with Crippen LogP contribution in [0, 0.1) is 22.9 Å². The van der Waals surface area contributed by atoms with Crippen molar-refractivity contribution in [2.45, 2.75) is 116 Å². The van der Waals surface area contributed by atoms with E-state index in [0.29, 0.717) is 44.7 Å². The molecule has 0 fully saturated rings. The van der Waals surface area contributed by atoms with E-state index >= 15 is 0 Å². The van der Waals surface area contributed by atoms with Gasteiger partial charge in [-0.1, -0.05) is 94.9 Å². The first-order valence-electron chi connectivity index (χ1n) is 17.2. The van der Waals surface area contributed by atoms with E-state index in [2.05, 4.69) is 193 Å². The summed E-state index contributed by atoms with van der Waals surface area (Å²) < 4.78 is 0. The van der Waals surface area contributed by atoms with E-state index in [0.717, 1.165) is 22.7 Å². The molecule has 0 saturated heterocycles. The third-order valence-corrected chi connectivity index (χ3v) is 22.5. The Morgan fingerprint density at radius 1 is 0.457 bits per heavy atom. The lowest BCUT2D eigenvalue weighted by Crippen LogP contribution is -2.43. The largest absolute Gasteiger partial charge is 0.378 e. The Bertz CT molecular complexity index is 1300. The lowest BCUT2D eigenvalue weighted by molar-refractivity contribution is 0.838. The van der Waals surface area contributed by atoms with Crippen molar-refractivity contribution in [1.29, 1.82) is 0 Å². The summed E-state index contributed by atoms with van der Waals surface area (Å²) in [5.74, 6) is 7.38. The zero-order chi connectivity index (χ0) is 35.0. The standard InChI is InChI=1S/C40H62N4Si2/c1-29(2)45(30(3)4,31(5)6)27-25-39(41-35-17-21-37(22-18-35)43(13)14)40(42-36-19-23-38(24-20-36)44(15)16)26-28-46(32(7)8,33(9)10)34(11)12/h17-24,29-34H,1-16H3. The molecule has 0 heterocycles. The Morgan fingerprint density at radius 2 is 0.696 bits per heavy atom. The van der Waals surface area contributed by atoms with Gasteiger partial charge >= 0.3 is 0 Å². The van der Waals surface area contributed by atoms with E-state index in [1.54, 1.807) is 0 Å². The van der Waals surface area contributed by atoms with Crippen molar-refractivity contribution in [3.8, 4) is 22.9 Å². The van der Waals surface area contributed by atoms with Gasteiger partial charge in [0.1, 0.15) is 27.6 Å². The van der Waals surface area contributed by atoms with Crippen molar-refractivity contribution in [2.75, 3.05) is 38.0 Å². The van der Waals surface area contributed by atoms with Gasteiger partial charge in [0.2, 0.25) is 0 Å². The summed E-state index contributed by atoms with van der Waals surface area (Å²) in [7, 11) is 4.12. The molecule has 6 heteroatoms. The molecule has 0 N–H and O–H groups in total. The zero-order valence-electron chi connectivity index (χ0n) is 31.9. The van der Waals surface area contributed by atoms with Crippen molar-refractivity contribution in [3.63, 3.8) is 0 Å². The summed E-state index contributed by atoms with van der Waals surface area (Å²) in [6.45, 7) is 28.2. The van der Waals surface area contributed by atoms with Crippen LogP contribution in [0.1, 0.15) is 83.1 Å². The van der Waals surface area contributed by atoms with Crippen molar-refractivity contribution in [1.82, 2.24) is 0 Å². The number of nitrogens with zero attached hydrogens (tertiary/aromatic N) is 4. The van der Waals surface area contributed by atoms with Crippen LogP contribution in [0.4, 0.5) is 22.7 Å². The van der Waals surface area contributed by atoms with Crippen LogP contribution in [0.5, 0.6) is 0 Å². The van der Waals surface area contributed by atoms with Gasteiger partial charge in [-0.05, 0) is 81.8 Å². The lowest BCUT2D eigenvalue weighted by Gasteiger charge is -2.38. The van der Waals surface area contributed by atoms with Crippen molar-refractivity contribution in [3.05, 3.63) is 48.5 Å². The van der Waals surface area contributed by atoms with E-state index in [1.165, 1.54) is 0 Å². The highest BCUT2D eigenvalue weighted by atomic mass is 28.3. The van der Waals surface area contributed by atoms with E-state index in [9.17, 15) is 0 Å². The van der Waals surface area contributed by atoms with Crippen LogP contribution in [0.2, 0.25) is 33.2 Å². The Balaban J connectivity index is 3.06. The fourth-order valence-electron chi connectivity index (χ4n) is 7.39. The zero-order valence-corrected chi connectivity index (χ0v) is 33.9. The minimum Gasteiger partial charge on any atom is -0.378 e. The Kier molecular flexibility index (Phi) is 14.2. The van der Waals surface area contributed by atoms with Crippen LogP contribution >= 0.6 is 0 Å². The Morgan fingerprint density at radius 3 is 0.891 bits per heavy atom. The monoisotopic (exact) mass is 654 g/mol. The van der Waals surface area contributed by atoms with Crippen molar-refractivity contribution >= 4 is 50.3 Å². The van der Waals surface area contributed by atoms with Crippen molar-refractivity contribution in [2.24, 2.45) is 9.98 Å².